The van der Waals surface area contributed by atoms with E-state index in [9.17, 15) is 4.79 Å². The van der Waals surface area contributed by atoms with Gasteiger partial charge < -0.3 is 4.90 Å². The Kier molecular flexibility index (Phi) is 7.69. The topological polar surface area (TPSA) is 23.6 Å². The van der Waals surface area contributed by atoms with Crippen LogP contribution in [0.15, 0.2) is 11.4 Å². The molecule has 1 saturated heterocycles. The van der Waals surface area contributed by atoms with Gasteiger partial charge in [0.25, 0.3) is 0 Å². The van der Waals surface area contributed by atoms with E-state index >= 15 is 0 Å². The Bertz CT molecular complexity index is 548. The number of thiophene rings is 1. The zero-order chi connectivity index (χ0) is 16.4. The third-order valence-electron chi connectivity index (χ3n) is 5.25. The predicted molar refractivity (Wildman–Crippen MR) is 105 cm³/mol. The molecule has 3 atom stereocenters. The second-order valence-corrected chi connectivity index (χ2v) is 8.64. The standard InChI is InChI=1S/C17H24Cl2N2OS.ClH/c1-20(17(22)16(19)12-10-15(18)23-11-12)13-6-2-3-7-14(13)21-8-4-5-9-21;/h10-11,13-14,16H,2-9H2,1H3;1H. The number of hydrogen-bond acceptors (Lipinski definition) is 3. The second-order valence-electron chi connectivity index (χ2n) is 6.66. The van der Waals surface area contributed by atoms with Crippen molar-refractivity contribution in [3.8, 4) is 0 Å². The second kappa shape index (κ2) is 9.09. The molecular weight excluding hydrogens is 387 g/mol. The highest BCUT2D eigenvalue weighted by Gasteiger charge is 2.37. The molecule has 0 spiro atoms. The molecule has 24 heavy (non-hydrogen) atoms. The summed E-state index contributed by atoms with van der Waals surface area (Å²) in [6.45, 7) is 2.35. The monoisotopic (exact) mass is 410 g/mol. The number of nitrogens with zero attached hydrogens (tertiary/aromatic N) is 2. The number of likely N-dealkylation sites (N-methyl/N-ethyl adjacent to an activating group) is 1. The van der Waals surface area contributed by atoms with Crippen molar-refractivity contribution in [3.63, 3.8) is 0 Å². The SMILES string of the molecule is CN(C(=O)C(Cl)c1csc(Cl)c1)C1CCCCC1N1CCCC1.Cl. The van der Waals surface area contributed by atoms with Gasteiger partial charge in [-0.2, -0.15) is 0 Å². The van der Waals surface area contributed by atoms with E-state index < -0.39 is 5.38 Å². The molecule has 3 rings (SSSR count). The maximum Gasteiger partial charge on any atom is 0.245 e. The van der Waals surface area contributed by atoms with Crippen LogP contribution < -0.4 is 0 Å². The first-order chi connectivity index (χ1) is 11.1. The van der Waals surface area contributed by atoms with E-state index in [1.807, 2.05) is 17.3 Å². The van der Waals surface area contributed by atoms with E-state index in [0.717, 1.165) is 12.0 Å². The van der Waals surface area contributed by atoms with Crippen LogP contribution in [0.25, 0.3) is 0 Å². The van der Waals surface area contributed by atoms with E-state index in [1.165, 1.54) is 56.5 Å². The largest absolute Gasteiger partial charge is 0.340 e. The average Bonchev–Trinajstić information content (AvgIpc) is 3.24. The molecule has 0 bridgehead atoms. The van der Waals surface area contributed by atoms with Gasteiger partial charge in [0.05, 0.1) is 4.34 Å². The minimum Gasteiger partial charge on any atom is -0.340 e. The summed E-state index contributed by atoms with van der Waals surface area (Å²) in [5, 5.41) is 1.25. The van der Waals surface area contributed by atoms with E-state index in [-0.39, 0.29) is 24.4 Å². The fraction of sp³-hybridized carbons (Fsp3) is 0.706. The fourth-order valence-electron chi connectivity index (χ4n) is 3.98. The minimum atomic E-state index is -0.634. The summed E-state index contributed by atoms with van der Waals surface area (Å²) in [7, 11) is 1.92. The van der Waals surface area contributed by atoms with Gasteiger partial charge in [0.2, 0.25) is 5.91 Å². The highest BCUT2D eigenvalue weighted by atomic mass is 35.5. The highest BCUT2D eigenvalue weighted by Crippen LogP contribution is 2.33. The lowest BCUT2D eigenvalue weighted by atomic mass is 9.88. The number of carbonyl (C=O) groups is 1. The van der Waals surface area contributed by atoms with Crippen molar-refractivity contribution in [1.82, 2.24) is 9.80 Å². The molecule has 1 amide bonds. The van der Waals surface area contributed by atoms with E-state index in [2.05, 4.69) is 4.90 Å². The van der Waals surface area contributed by atoms with Gasteiger partial charge in [0, 0.05) is 19.1 Å². The molecule has 2 aliphatic rings. The van der Waals surface area contributed by atoms with Crippen LogP contribution in [0.1, 0.15) is 49.5 Å². The summed E-state index contributed by atoms with van der Waals surface area (Å²) in [6, 6.07) is 2.58. The maximum absolute atomic E-state index is 12.8. The van der Waals surface area contributed by atoms with Crippen LogP contribution in [0.3, 0.4) is 0 Å². The Hall–Kier alpha value is -0.0000000000000000555. The Labute approximate surface area is 164 Å². The lowest BCUT2D eigenvalue weighted by Crippen LogP contribution is -2.53. The fourth-order valence-corrected chi connectivity index (χ4v) is 5.25. The normalized spacial score (nSPS) is 26.0. The van der Waals surface area contributed by atoms with Crippen molar-refractivity contribution in [1.29, 1.82) is 0 Å². The van der Waals surface area contributed by atoms with Crippen molar-refractivity contribution >= 4 is 52.9 Å². The first-order valence-corrected chi connectivity index (χ1v) is 10.2. The molecular formula is C17H25Cl3N2OS. The van der Waals surface area contributed by atoms with Crippen molar-refractivity contribution < 1.29 is 4.79 Å². The van der Waals surface area contributed by atoms with Gasteiger partial charge in [-0.1, -0.05) is 24.4 Å². The Morgan fingerprint density at radius 2 is 1.96 bits per heavy atom. The Morgan fingerprint density at radius 1 is 1.29 bits per heavy atom. The van der Waals surface area contributed by atoms with Crippen molar-refractivity contribution in [3.05, 3.63) is 21.3 Å². The predicted octanol–water partition coefficient (Wildman–Crippen LogP) is 4.97. The molecule has 2 heterocycles. The molecule has 1 aliphatic carbocycles. The molecule has 3 unspecified atom stereocenters. The summed E-state index contributed by atoms with van der Waals surface area (Å²) in [6.07, 6.45) is 7.31. The van der Waals surface area contributed by atoms with Crippen molar-refractivity contribution in [2.45, 2.75) is 56.0 Å². The van der Waals surface area contributed by atoms with Crippen LogP contribution in [-0.2, 0) is 4.79 Å². The Morgan fingerprint density at radius 3 is 2.58 bits per heavy atom. The van der Waals surface area contributed by atoms with E-state index in [4.69, 9.17) is 23.2 Å². The zero-order valence-electron chi connectivity index (χ0n) is 13.9. The van der Waals surface area contributed by atoms with Crippen LogP contribution in [0.2, 0.25) is 4.34 Å². The molecule has 1 saturated carbocycles. The molecule has 1 aromatic heterocycles. The summed E-state index contributed by atoms with van der Waals surface area (Å²) >= 11 is 13.8. The minimum absolute atomic E-state index is 0. The quantitative estimate of drug-likeness (QED) is 0.653. The van der Waals surface area contributed by atoms with Gasteiger partial charge in [0.1, 0.15) is 5.38 Å². The molecule has 0 aromatic carbocycles. The van der Waals surface area contributed by atoms with Crippen LogP contribution in [0.4, 0.5) is 0 Å². The number of hydrogen-bond donors (Lipinski definition) is 0. The summed E-state index contributed by atoms with van der Waals surface area (Å²) in [4.78, 5) is 17.3. The molecule has 1 aliphatic heterocycles. The van der Waals surface area contributed by atoms with E-state index in [1.54, 1.807) is 6.07 Å². The molecule has 0 N–H and O–H groups in total. The number of rotatable bonds is 4. The summed E-state index contributed by atoms with van der Waals surface area (Å²) in [5.74, 6) is -0.00256. The van der Waals surface area contributed by atoms with Crippen LogP contribution in [0, 0.1) is 0 Å². The van der Waals surface area contributed by atoms with Gasteiger partial charge in [-0.25, -0.2) is 0 Å². The van der Waals surface area contributed by atoms with Crippen molar-refractivity contribution in [2.75, 3.05) is 20.1 Å². The van der Waals surface area contributed by atoms with Gasteiger partial charge in [-0.05, 0) is 55.8 Å². The lowest BCUT2D eigenvalue weighted by Gasteiger charge is -2.43. The average molecular weight is 412 g/mol. The smallest absolute Gasteiger partial charge is 0.245 e. The van der Waals surface area contributed by atoms with Crippen molar-refractivity contribution in [2.24, 2.45) is 0 Å². The zero-order valence-corrected chi connectivity index (χ0v) is 17.1. The van der Waals surface area contributed by atoms with Crippen LogP contribution >= 0.6 is 46.9 Å². The third kappa shape index (κ3) is 4.39. The molecule has 3 nitrogen and oxygen atoms in total. The highest BCUT2D eigenvalue weighted by molar-refractivity contribution is 7.14. The summed E-state index contributed by atoms with van der Waals surface area (Å²) < 4.78 is 0.675. The molecule has 1 aromatic rings. The number of likely N-dealkylation sites (tertiary alicyclic amines) is 1. The third-order valence-corrected chi connectivity index (χ3v) is 6.79. The molecule has 0 radical (unpaired) electrons. The Balaban J connectivity index is 0.00000208. The van der Waals surface area contributed by atoms with Gasteiger partial charge in [-0.3, -0.25) is 9.69 Å². The lowest BCUT2D eigenvalue weighted by molar-refractivity contribution is -0.133. The van der Waals surface area contributed by atoms with Crippen LogP contribution in [-0.4, -0.2) is 47.9 Å². The van der Waals surface area contributed by atoms with E-state index in [0.29, 0.717) is 10.4 Å². The number of carbonyl (C=O) groups excluding carboxylic acids is 1. The first-order valence-electron chi connectivity index (χ1n) is 8.46. The van der Waals surface area contributed by atoms with Gasteiger partial charge >= 0.3 is 0 Å². The van der Waals surface area contributed by atoms with Gasteiger partial charge in [0.15, 0.2) is 0 Å². The number of amides is 1. The number of alkyl halides is 1. The molecule has 2 fully saturated rings. The number of halogens is 3. The molecule has 136 valence electrons. The van der Waals surface area contributed by atoms with Gasteiger partial charge in [-0.15, -0.1) is 35.3 Å². The first kappa shape index (κ1) is 20.3. The van der Waals surface area contributed by atoms with Crippen LogP contribution in [0.5, 0.6) is 0 Å². The summed E-state index contributed by atoms with van der Waals surface area (Å²) in [5.41, 5.74) is 0.812. The molecule has 7 heteroatoms. The maximum atomic E-state index is 12.8.